The van der Waals surface area contributed by atoms with Gasteiger partial charge in [0.05, 0.1) is 6.20 Å². The summed E-state index contributed by atoms with van der Waals surface area (Å²) in [5.74, 6) is 1.16. The second kappa shape index (κ2) is 6.55. The van der Waals surface area contributed by atoms with Crippen molar-refractivity contribution < 1.29 is 4.39 Å². The number of nitrogens with zero attached hydrogens (tertiary/aromatic N) is 2. The second-order valence-corrected chi connectivity index (χ2v) is 4.68. The van der Waals surface area contributed by atoms with E-state index in [4.69, 9.17) is 0 Å². The summed E-state index contributed by atoms with van der Waals surface area (Å²) >= 11 is 0. The highest BCUT2D eigenvalue weighted by molar-refractivity contribution is 5.46. The van der Waals surface area contributed by atoms with E-state index in [-0.39, 0.29) is 5.82 Å². The summed E-state index contributed by atoms with van der Waals surface area (Å²) in [7, 11) is 1.96. The van der Waals surface area contributed by atoms with Gasteiger partial charge in [0.25, 0.3) is 0 Å². The molecule has 0 saturated heterocycles. The molecule has 0 aliphatic rings. The van der Waals surface area contributed by atoms with Crippen molar-refractivity contribution in [3.05, 3.63) is 23.6 Å². The Kier molecular flexibility index (Phi) is 5.35. The molecule has 0 radical (unpaired) electrons. The van der Waals surface area contributed by atoms with Crippen LogP contribution in [-0.4, -0.2) is 25.1 Å². The van der Waals surface area contributed by atoms with Crippen molar-refractivity contribution in [1.29, 1.82) is 0 Å². The second-order valence-electron chi connectivity index (χ2n) is 4.68. The third-order valence-corrected chi connectivity index (χ3v) is 2.61. The molecule has 96 valence electrons. The average Bonchev–Trinajstić information content (AvgIpc) is 2.28. The van der Waals surface area contributed by atoms with Gasteiger partial charge in [-0.05, 0) is 25.5 Å². The Morgan fingerprint density at radius 1 is 1.47 bits per heavy atom. The molecule has 1 aromatic heterocycles. The summed E-state index contributed by atoms with van der Waals surface area (Å²) in [4.78, 5) is 6.18. The van der Waals surface area contributed by atoms with Crippen molar-refractivity contribution >= 4 is 5.82 Å². The maximum absolute atomic E-state index is 13.2. The lowest BCUT2D eigenvalue weighted by Crippen LogP contribution is -2.24. The Morgan fingerprint density at radius 2 is 2.18 bits per heavy atom. The molecule has 0 aliphatic heterocycles. The third-order valence-electron chi connectivity index (χ3n) is 2.61. The van der Waals surface area contributed by atoms with E-state index >= 15 is 0 Å². The van der Waals surface area contributed by atoms with Gasteiger partial charge in [0.1, 0.15) is 11.6 Å². The number of nitrogens with one attached hydrogen (secondary N) is 1. The molecule has 1 N–H and O–H groups in total. The van der Waals surface area contributed by atoms with Gasteiger partial charge in [-0.1, -0.05) is 13.8 Å². The first-order valence-electron chi connectivity index (χ1n) is 6.10. The Morgan fingerprint density at radius 3 is 2.76 bits per heavy atom. The topological polar surface area (TPSA) is 28.2 Å². The van der Waals surface area contributed by atoms with Gasteiger partial charge in [0.15, 0.2) is 0 Å². The zero-order chi connectivity index (χ0) is 12.8. The van der Waals surface area contributed by atoms with Crippen molar-refractivity contribution in [1.82, 2.24) is 10.3 Å². The van der Waals surface area contributed by atoms with Crippen LogP contribution in [0.1, 0.15) is 26.3 Å². The molecule has 0 amide bonds. The zero-order valence-corrected chi connectivity index (χ0v) is 11.1. The predicted octanol–water partition coefficient (Wildman–Crippen LogP) is 2.42. The fourth-order valence-corrected chi connectivity index (χ4v) is 1.59. The first kappa shape index (κ1) is 13.9. The predicted molar refractivity (Wildman–Crippen MR) is 69.7 cm³/mol. The lowest BCUT2D eigenvalue weighted by atomic mass is 10.2. The fraction of sp³-hybridized carbons (Fsp3) is 0.615. The minimum Gasteiger partial charge on any atom is -0.360 e. The van der Waals surface area contributed by atoms with Crippen LogP contribution in [0.15, 0.2) is 12.3 Å². The maximum atomic E-state index is 13.2. The molecule has 0 saturated carbocycles. The van der Waals surface area contributed by atoms with Crippen LogP contribution in [0.3, 0.4) is 0 Å². The molecule has 17 heavy (non-hydrogen) atoms. The van der Waals surface area contributed by atoms with Crippen molar-refractivity contribution in [2.45, 2.75) is 27.3 Å². The van der Waals surface area contributed by atoms with Crippen LogP contribution in [-0.2, 0) is 6.54 Å². The molecular weight excluding hydrogens is 217 g/mol. The maximum Gasteiger partial charge on any atom is 0.141 e. The first-order chi connectivity index (χ1) is 8.04. The van der Waals surface area contributed by atoms with Crippen molar-refractivity contribution in [3.63, 3.8) is 0 Å². The smallest absolute Gasteiger partial charge is 0.141 e. The SMILES string of the molecule is CCN(C)c1ncc(F)cc1CNCC(C)C. The van der Waals surface area contributed by atoms with Crippen LogP contribution in [0.4, 0.5) is 10.2 Å². The van der Waals surface area contributed by atoms with Gasteiger partial charge < -0.3 is 10.2 Å². The quantitative estimate of drug-likeness (QED) is 0.826. The van der Waals surface area contributed by atoms with Gasteiger partial charge in [0.2, 0.25) is 0 Å². The number of hydrogen-bond donors (Lipinski definition) is 1. The van der Waals surface area contributed by atoms with Gasteiger partial charge in [-0.25, -0.2) is 9.37 Å². The average molecular weight is 239 g/mol. The van der Waals surface area contributed by atoms with Gasteiger partial charge in [-0.3, -0.25) is 0 Å². The molecule has 0 fully saturated rings. The highest BCUT2D eigenvalue weighted by atomic mass is 19.1. The number of rotatable bonds is 6. The molecule has 1 aromatic rings. The normalized spacial score (nSPS) is 10.9. The number of pyridine rings is 1. The van der Waals surface area contributed by atoms with Crippen molar-refractivity contribution in [3.8, 4) is 0 Å². The largest absolute Gasteiger partial charge is 0.360 e. The number of anilines is 1. The van der Waals surface area contributed by atoms with Gasteiger partial charge in [0, 0.05) is 25.7 Å². The Hall–Kier alpha value is -1.16. The molecule has 1 heterocycles. The monoisotopic (exact) mass is 239 g/mol. The third kappa shape index (κ3) is 4.30. The van der Waals surface area contributed by atoms with Crippen LogP contribution in [0.25, 0.3) is 0 Å². The molecule has 0 bridgehead atoms. The van der Waals surface area contributed by atoms with E-state index in [1.807, 2.05) is 11.9 Å². The fourth-order valence-electron chi connectivity index (χ4n) is 1.59. The highest BCUT2D eigenvalue weighted by Crippen LogP contribution is 2.17. The Bertz CT molecular complexity index is 353. The zero-order valence-electron chi connectivity index (χ0n) is 11.1. The van der Waals surface area contributed by atoms with E-state index in [2.05, 4.69) is 31.1 Å². The lowest BCUT2D eigenvalue weighted by molar-refractivity contribution is 0.548. The number of aromatic nitrogens is 1. The highest BCUT2D eigenvalue weighted by Gasteiger charge is 2.09. The summed E-state index contributed by atoms with van der Waals surface area (Å²) in [6, 6.07) is 1.56. The standard InChI is InChI=1S/C13H22FN3/c1-5-17(4)13-11(6-12(14)9-16-13)8-15-7-10(2)3/h6,9-10,15H,5,7-8H2,1-4H3. The Balaban J connectivity index is 2.76. The van der Waals surface area contributed by atoms with E-state index in [9.17, 15) is 4.39 Å². The van der Waals surface area contributed by atoms with Crippen LogP contribution >= 0.6 is 0 Å². The molecule has 0 unspecified atom stereocenters. The molecule has 1 rings (SSSR count). The first-order valence-corrected chi connectivity index (χ1v) is 6.10. The minimum absolute atomic E-state index is 0.278. The molecule has 4 heteroatoms. The van der Waals surface area contributed by atoms with Crippen molar-refractivity contribution in [2.24, 2.45) is 5.92 Å². The molecular formula is C13H22FN3. The van der Waals surface area contributed by atoms with Crippen LogP contribution in [0, 0.1) is 11.7 Å². The summed E-state index contributed by atoms with van der Waals surface area (Å²) in [6.07, 6.45) is 1.27. The minimum atomic E-state index is -0.278. The number of halogens is 1. The van der Waals surface area contributed by atoms with E-state index < -0.39 is 0 Å². The van der Waals surface area contributed by atoms with Crippen LogP contribution in [0.5, 0.6) is 0 Å². The number of hydrogen-bond acceptors (Lipinski definition) is 3. The summed E-state index contributed by atoms with van der Waals surface area (Å²) in [5.41, 5.74) is 0.912. The summed E-state index contributed by atoms with van der Waals surface area (Å²) in [5, 5.41) is 3.31. The van der Waals surface area contributed by atoms with Crippen LogP contribution in [0.2, 0.25) is 0 Å². The van der Waals surface area contributed by atoms with Crippen molar-refractivity contribution in [2.75, 3.05) is 25.0 Å². The Labute approximate surface area is 103 Å². The summed E-state index contributed by atoms with van der Waals surface area (Å²) in [6.45, 7) is 8.78. The van der Waals surface area contributed by atoms with E-state index in [0.717, 1.165) is 24.5 Å². The van der Waals surface area contributed by atoms with Crippen LogP contribution < -0.4 is 10.2 Å². The summed E-state index contributed by atoms with van der Waals surface area (Å²) < 4.78 is 13.2. The van der Waals surface area contributed by atoms with Gasteiger partial charge in [-0.15, -0.1) is 0 Å². The van der Waals surface area contributed by atoms with Gasteiger partial charge in [-0.2, -0.15) is 0 Å². The molecule has 0 aromatic carbocycles. The molecule has 3 nitrogen and oxygen atoms in total. The lowest BCUT2D eigenvalue weighted by Gasteiger charge is -2.19. The van der Waals surface area contributed by atoms with E-state index in [1.54, 1.807) is 6.07 Å². The molecule has 0 aliphatic carbocycles. The van der Waals surface area contributed by atoms with Gasteiger partial charge >= 0.3 is 0 Å². The molecule has 0 atom stereocenters. The molecule has 0 spiro atoms. The van der Waals surface area contributed by atoms with E-state index in [0.29, 0.717) is 12.5 Å². The van der Waals surface area contributed by atoms with E-state index in [1.165, 1.54) is 6.20 Å².